The zero-order valence-corrected chi connectivity index (χ0v) is 19.8. The summed E-state index contributed by atoms with van der Waals surface area (Å²) in [6, 6.07) is 23.0. The molecule has 4 aromatic rings. The van der Waals surface area contributed by atoms with E-state index in [9.17, 15) is 9.59 Å². The monoisotopic (exact) mass is 467 g/mol. The molecule has 178 valence electrons. The number of benzene rings is 2. The average Bonchev–Trinajstić information content (AvgIpc) is 2.89. The Morgan fingerprint density at radius 1 is 0.943 bits per heavy atom. The number of aryl methyl sites for hydroxylation is 1. The summed E-state index contributed by atoms with van der Waals surface area (Å²) < 4.78 is 1.96. The van der Waals surface area contributed by atoms with Crippen LogP contribution in [-0.2, 0) is 4.79 Å². The lowest BCUT2D eigenvalue weighted by atomic mass is 10.1. The molecule has 3 heterocycles. The molecule has 7 heteroatoms. The van der Waals surface area contributed by atoms with Crippen LogP contribution in [0.4, 0.5) is 17.2 Å². The number of hydrogen-bond donors (Lipinski definition) is 2. The first-order chi connectivity index (χ1) is 17.1. The quantitative estimate of drug-likeness (QED) is 0.423. The Bertz CT molecular complexity index is 1390. The number of carbonyl (C=O) groups excluding carboxylic acids is 1. The minimum Gasteiger partial charge on any atom is -0.375 e. The molecular formula is C28H29N5O2. The molecule has 2 aromatic heterocycles. The highest BCUT2D eigenvalue weighted by atomic mass is 16.2. The number of nitrogens with zero attached hydrogens (tertiary/aromatic N) is 3. The van der Waals surface area contributed by atoms with Crippen molar-refractivity contribution in [3.8, 4) is 5.69 Å². The smallest absolute Gasteiger partial charge is 0.241 e. The van der Waals surface area contributed by atoms with E-state index in [1.54, 1.807) is 6.07 Å². The van der Waals surface area contributed by atoms with E-state index in [2.05, 4.69) is 10.6 Å². The minimum atomic E-state index is -0.136. The van der Waals surface area contributed by atoms with Crippen LogP contribution in [0.15, 0.2) is 77.6 Å². The maximum Gasteiger partial charge on any atom is 0.241 e. The van der Waals surface area contributed by atoms with Gasteiger partial charge in [0.1, 0.15) is 11.5 Å². The van der Waals surface area contributed by atoms with E-state index in [1.807, 2.05) is 83.1 Å². The van der Waals surface area contributed by atoms with Crippen molar-refractivity contribution in [2.24, 2.45) is 0 Å². The van der Waals surface area contributed by atoms with E-state index < -0.39 is 0 Å². The molecule has 1 aliphatic heterocycles. The van der Waals surface area contributed by atoms with Crippen LogP contribution in [-0.4, -0.2) is 40.0 Å². The third kappa shape index (κ3) is 4.89. The Kier molecular flexibility index (Phi) is 6.48. The van der Waals surface area contributed by atoms with Gasteiger partial charge in [0.25, 0.3) is 0 Å². The van der Waals surface area contributed by atoms with Crippen LogP contribution in [0.25, 0.3) is 16.7 Å². The molecule has 0 unspecified atom stereocenters. The molecule has 1 fully saturated rings. The molecular weight excluding hydrogens is 438 g/mol. The number of carbonyl (C=O) groups is 1. The summed E-state index contributed by atoms with van der Waals surface area (Å²) in [4.78, 5) is 32.6. The van der Waals surface area contributed by atoms with Gasteiger partial charge >= 0.3 is 0 Å². The van der Waals surface area contributed by atoms with Crippen LogP contribution in [0.2, 0.25) is 0 Å². The van der Waals surface area contributed by atoms with Gasteiger partial charge < -0.3 is 15.5 Å². The summed E-state index contributed by atoms with van der Waals surface area (Å²) in [5.41, 5.74) is 3.62. The van der Waals surface area contributed by atoms with Gasteiger partial charge in [-0.1, -0.05) is 36.4 Å². The van der Waals surface area contributed by atoms with Crippen LogP contribution < -0.4 is 16.1 Å². The van der Waals surface area contributed by atoms with Gasteiger partial charge in [-0.05, 0) is 56.5 Å². The van der Waals surface area contributed by atoms with Gasteiger partial charge in [0.2, 0.25) is 5.91 Å². The summed E-state index contributed by atoms with van der Waals surface area (Å²) in [5, 5.41) is 7.09. The van der Waals surface area contributed by atoms with Gasteiger partial charge in [-0.2, -0.15) is 0 Å². The molecule has 7 nitrogen and oxygen atoms in total. The number of hydrogen-bond acceptors (Lipinski definition) is 5. The first kappa shape index (κ1) is 22.7. The fraction of sp³-hybridized carbons (Fsp3) is 0.250. The largest absolute Gasteiger partial charge is 0.375 e. The average molecular weight is 468 g/mol. The number of para-hydroxylation sites is 2. The van der Waals surface area contributed by atoms with Gasteiger partial charge in [0.15, 0.2) is 5.43 Å². The molecule has 5 rings (SSSR count). The molecule has 1 amide bonds. The molecule has 0 aliphatic carbocycles. The Morgan fingerprint density at radius 2 is 1.63 bits per heavy atom. The van der Waals surface area contributed by atoms with Crippen LogP contribution in [0.3, 0.4) is 0 Å². The van der Waals surface area contributed by atoms with E-state index in [-0.39, 0.29) is 17.9 Å². The molecule has 0 spiro atoms. The predicted molar refractivity (Wildman–Crippen MR) is 141 cm³/mol. The normalized spacial score (nSPS) is 13.6. The fourth-order valence-corrected chi connectivity index (χ4v) is 4.53. The number of piperidine rings is 1. The number of rotatable bonds is 6. The van der Waals surface area contributed by atoms with Crippen LogP contribution in [0.5, 0.6) is 0 Å². The lowest BCUT2D eigenvalue weighted by molar-refractivity contribution is -0.130. The topological polar surface area (TPSA) is 79.3 Å². The standard InChI is InChI=1S/C28H29N5O2/c1-20-24(29-19-27(35)32-15-9-4-10-16-32)17-23-25(34)18-26(31-21-11-5-2-6-12-21)33(28(23)30-20)22-13-7-3-8-14-22/h2-3,5-8,11-14,17-18,29,31H,4,9-10,15-16,19H2,1H3. The van der Waals surface area contributed by atoms with Gasteiger partial charge in [-0.3, -0.25) is 14.2 Å². The number of likely N-dealkylation sites (tertiary alicyclic amines) is 1. The summed E-state index contributed by atoms with van der Waals surface area (Å²) in [6.45, 7) is 3.71. The number of pyridine rings is 2. The van der Waals surface area contributed by atoms with E-state index in [0.717, 1.165) is 43.0 Å². The van der Waals surface area contributed by atoms with Gasteiger partial charge in [-0.25, -0.2) is 4.98 Å². The Labute approximate surface area is 204 Å². The number of anilines is 3. The highest BCUT2D eigenvalue weighted by molar-refractivity contribution is 5.86. The van der Waals surface area contributed by atoms with E-state index in [1.165, 1.54) is 6.42 Å². The van der Waals surface area contributed by atoms with E-state index in [4.69, 9.17) is 4.98 Å². The van der Waals surface area contributed by atoms with Crippen LogP contribution >= 0.6 is 0 Å². The van der Waals surface area contributed by atoms with Crippen molar-refractivity contribution in [2.75, 3.05) is 30.3 Å². The summed E-state index contributed by atoms with van der Waals surface area (Å²) in [7, 11) is 0. The number of aromatic nitrogens is 2. The SMILES string of the molecule is Cc1nc2c(cc1NCC(=O)N1CCCCC1)c(=O)cc(Nc1ccccc1)n2-c1ccccc1. The molecule has 35 heavy (non-hydrogen) atoms. The highest BCUT2D eigenvalue weighted by Gasteiger charge is 2.18. The van der Waals surface area contributed by atoms with Gasteiger partial charge in [-0.15, -0.1) is 0 Å². The first-order valence-electron chi connectivity index (χ1n) is 12.1. The zero-order chi connectivity index (χ0) is 24.2. The second-order valence-corrected chi connectivity index (χ2v) is 8.84. The highest BCUT2D eigenvalue weighted by Crippen LogP contribution is 2.26. The third-order valence-electron chi connectivity index (χ3n) is 6.38. The Hall–Kier alpha value is -4.13. The summed E-state index contributed by atoms with van der Waals surface area (Å²) >= 11 is 0. The zero-order valence-electron chi connectivity index (χ0n) is 19.8. The van der Waals surface area contributed by atoms with Crippen molar-refractivity contribution >= 4 is 34.1 Å². The maximum atomic E-state index is 13.2. The predicted octanol–water partition coefficient (Wildman–Crippen LogP) is 4.86. The molecule has 0 radical (unpaired) electrons. The van der Waals surface area contributed by atoms with Crippen molar-refractivity contribution < 1.29 is 4.79 Å². The van der Waals surface area contributed by atoms with Crippen molar-refractivity contribution in [1.82, 2.24) is 14.5 Å². The van der Waals surface area contributed by atoms with Gasteiger partial charge in [0.05, 0.1) is 23.3 Å². The van der Waals surface area contributed by atoms with Crippen molar-refractivity contribution in [3.05, 3.63) is 88.7 Å². The van der Waals surface area contributed by atoms with Crippen molar-refractivity contribution in [1.29, 1.82) is 0 Å². The lowest BCUT2D eigenvalue weighted by Crippen LogP contribution is -2.39. The van der Waals surface area contributed by atoms with E-state index in [0.29, 0.717) is 22.5 Å². The van der Waals surface area contributed by atoms with Gasteiger partial charge in [0, 0.05) is 30.5 Å². The Balaban J connectivity index is 1.54. The third-order valence-corrected chi connectivity index (χ3v) is 6.38. The number of amides is 1. The molecule has 0 saturated carbocycles. The van der Waals surface area contributed by atoms with Crippen molar-refractivity contribution in [2.45, 2.75) is 26.2 Å². The molecule has 0 bridgehead atoms. The minimum absolute atomic E-state index is 0.0771. The molecule has 0 atom stereocenters. The maximum absolute atomic E-state index is 13.2. The molecule has 2 aromatic carbocycles. The van der Waals surface area contributed by atoms with Crippen molar-refractivity contribution in [3.63, 3.8) is 0 Å². The van der Waals surface area contributed by atoms with E-state index >= 15 is 0 Å². The second-order valence-electron chi connectivity index (χ2n) is 8.84. The van der Waals surface area contributed by atoms with Crippen LogP contribution in [0, 0.1) is 6.92 Å². The number of nitrogens with one attached hydrogen (secondary N) is 2. The van der Waals surface area contributed by atoms with Crippen LogP contribution in [0.1, 0.15) is 25.0 Å². The second kappa shape index (κ2) is 10.0. The number of fused-ring (bicyclic) bond motifs is 1. The molecule has 2 N–H and O–H groups in total. The summed E-state index contributed by atoms with van der Waals surface area (Å²) in [6.07, 6.45) is 3.29. The summed E-state index contributed by atoms with van der Waals surface area (Å²) in [5.74, 6) is 0.709. The Morgan fingerprint density at radius 3 is 2.34 bits per heavy atom. The fourth-order valence-electron chi connectivity index (χ4n) is 4.53. The first-order valence-corrected chi connectivity index (χ1v) is 12.1. The molecule has 1 aliphatic rings. The molecule has 1 saturated heterocycles. The lowest BCUT2D eigenvalue weighted by Gasteiger charge is -2.27.